The second kappa shape index (κ2) is 4.79. The molecular weight excluding hydrogens is 279 g/mol. The Bertz CT molecular complexity index is 486. The largest absolute Gasteiger partial charge is 0.481 e. The molecular formula is C12H14F3NO2S. The zero-order valence-electron chi connectivity index (χ0n) is 10.3. The topological polar surface area (TPSA) is 40.5 Å². The van der Waals surface area contributed by atoms with Crippen molar-refractivity contribution in [2.24, 2.45) is 5.41 Å². The fraction of sp³-hybridized carbons (Fsp3) is 0.583. The van der Waals surface area contributed by atoms with E-state index in [9.17, 15) is 18.0 Å². The molecule has 0 aliphatic carbocycles. The van der Waals surface area contributed by atoms with Crippen LogP contribution in [0.15, 0.2) is 12.1 Å². The van der Waals surface area contributed by atoms with E-state index < -0.39 is 24.1 Å². The number of thiophene rings is 1. The molecule has 2 heterocycles. The molecule has 0 radical (unpaired) electrons. The molecule has 0 aromatic carbocycles. The average Bonchev–Trinajstić information content (AvgIpc) is 2.85. The van der Waals surface area contributed by atoms with Gasteiger partial charge in [-0.3, -0.25) is 9.69 Å². The molecule has 19 heavy (non-hydrogen) atoms. The van der Waals surface area contributed by atoms with E-state index in [1.54, 1.807) is 4.90 Å². The van der Waals surface area contributed by atoms with Crippen LogP contribution in [0.3, 0.4) is 0 Å². The third kappa shape index (κ3) is 2.62. The quantitative estimate of drug-likeness (QED) is 0.931. The lowest BCUT2D eigenvalue weighted by atomic mass is 9.86. The summed E-state index contributed by atoms with van der Waals surface area (Å²) >= 11 is 1.52. The van der Waals surface area contributed by atoms with Crippen LogP contribution in [0.25, 0.3) is 0 Å². The Hall–Kier alpha value is -1.08. The lowest BCUT2D eigenvalue weighted by Gasteiger charge is -2.27. The van der Waals surface area contributed by atoms with E-state index in [0.29, 0.717) is 6.54 Å². The number of aryl methyl sites for hydroxylation is 1. The number of hydrogen-bond acceptors (Lipinski definition) is 3. The monoisotopic (exact) mass is 293 g/mol. The maximum atomic E-state index is 13.0. The summed E-state index contributed by atoms with van der Waals surface area (Å²) in [5.74, 6) is -1.77. The van der Waals surface area contributed by atoms with E-state index in [2.05, 4.69) is 0 Å². The molecule has 0 saturated carbocycles. The number of carboxylic acids is 1. The molecule has 1 fully saturated rings. The fourth-order valence-corrected chi connectivity index (χ4v) is 3.27. The normalized spacial score (nSPS) is 24.8. The van der Waals surface area contributed by atoms with E-state index in [4.69, 9.17) is 5.11 Å². The van der Waals surface area contributed by atoms with E-state index in [1.807, 2.05) is 19.1 Å². The molecule has 0 spiro atoms. The molecule has 1 aromatic rings. The highest BCUT2D eigenvalue weighted by molar-refractivity contribution is 7.11. The van der Waals surface area contributed by atoms with E-state index in [-0.39, 0.29) is 13.0 Å². The molecule has 3 nitrogen and oxygen atoms in total. The number of nitrogens with zero attached hydrogens (tertiary/aromatic N) is 1. The van der Waals surface area contributed by atoms with Gasteiger partial charge in [-0.2, -0.15) is 13.2 Å². The summed E-state index contributed by atoms with van der Waals surface area (Å²) in [6.45, 7) is 1.99. The van der Waals surface area contributed by atoms with Crippen LogP contribution >= 0.6 is 11.3 Å². The SMILES string of the molecule is Cc1ccc(CN2CCC(C(=O)O)(C(F)(F)F)C2)s1. The molecule has 1 saturated heterocycles. The average molecular weight is 293 g/mol. The Kier molecular flexibility index (Phi) is 3.61. The van der Waals surface area contributed by atoms with Gasteiger partial charge in [0.25, 0.3) is 0 Å². The van der Waals surface area contributed by atoms with Gasteiger partial charge in [0.1, 0.15) is 0 Å². The first-order valence-electron chi connectivity index (χ1n) is 5.82. The zero-order valence-corrected chi connectivity index (χ0v) is 11.1. The van der Waals surface area contributed by atoms with Gasteiger partial charge in [-0.15, -0.1) is 11.3 Å². The number of aliphatic carboxylic acids is 1. The maximum Gasteiger partial charge on any atom is 0.406 e. The summed E-state index contributed by atoms with van der Waals surface area (Å²) in [7, 11) is 0. The highest BCUT2D eigenvalue weighted by Crippen LogP contribution is 2.46. The summed E-state index contributed by atoms with van der Waals surface area (Å²) < 4.78 is 38.9. The molecule has 0 amide bonds. The van der Waals surface area contributed by atoms with Crippen molar-refractivity contribution < 1.29 is 23.1 Å². The molecule has 2 rings (SSSR count). The second-order valence-corrected chi connectivity index (χ2v) is 6.23. The van der Waals surface area contributed by atoms with Crippen molar-refractivity contribution in [3.05, 3.63) is 21.9 Å². The van der Waals surface area contributed by atoms with Gasteiger partial charge in [0.05, 0.1) is 0 Å². The van der Waals surface area contributed by atoms with Crippen molar-refractivity contribution in [2.45, 2.75) is 26.1 Å². The van der Waals surface area contributed by atoms with Crippen LogP contribution in [-0.4, -0.2) is 35.2 Å². The minimum atomic E-state index is -4.71. The van der Waals surface area contributed by atoms with Crippen molar-refractivity contribution in [2.75, 3.05) is 13.1 Å². The molecule has 1 unspecified atom stereocenters. The van der Waals surface area contributed by atoms with Crippen LogP contribution in [0.1, 0.15) is 16.2 Å². The third-order valence-corrected chi connectivity index (χ3v) is 4.46. The number of likely N-dealkylation sites (tertiary alicyclic amines) is 1. The van der Waals surface area contributed by atoms with Crippen LogP contribution in [0.5, 0.6) is 0 Å². The Morgan fingerprint density at radius 3 is 2.63 bits per heavy atom. The van der Waals surface area contributed by atoms with Gasteiger partial charge < -0.3 is 5.11 Å². The van der Waals surface area contributed by atoms with E-state index in [1.165, 1.54) is 11.3 Å². The van der Waals surface area contributed by atoms with Crippen LogP contribution in [0.4, 0.5) is 13.2 Å². The smallest absolute Gasteiger partial charge is 0.406 e. The van der Waals surface area contributed by atoms with Crippen LogP contribution in [-0.2, 0) is 11.3 Å². The molecule has 1 aliphatic rings. The van der Waals surface area contributed by atoms with Gasteiger partial charge in [-0.1, -0.05) is 0 Å². The minimum absolute atomic E-state index is 0.156. The molecule has 106 valence electrons. The summed E-state index contributed by atoms with van der Waals surface area (Å²) in [6, 6.07) is 3.78. The van der Waals surface area contributed by atoms with Crippen LogP contribution < -0.4 is 0 Å². The summed E-state index contributed by atoms with van der Waals surface area (Å²) in [5, 5.41) is 8.94. The molecule has 0 bridgehead atoms. The van der Waals surface area contributed by atoms with Gasteiger partial charge in [0.15, 0.2) is 5.41 Å². The van der Waals surface area contributed by atoms with Crippen LogP contribution in [0.2, 0.25) is 0 Å². The third-order valence-electron chi connectivity index (χ3n) is 3.48. The number of rotatable bonds is 3. The molecule has 1 N–H and O–H groups in total. The number of alkyl halides is 3. The van der Waals surface area contributed by atoms with Gasteiger partial charge in [-0.05, 0) is 25.5 Å². The number of carboxylic acid groups (broad SMARTS) is 1. The van der Waals surface area contributed by atoms with Crippen LogP contribution in [0, 0.1) is 12.3 Å². The lowest BCUT2D eigenvalue weighted by molar-refractivity contribution is -0.227. The van der Waals surface area contributed by atoms with Crippen molar-refractivity contribution in [1.29, 1.82) is 0 Å². The van der Waals surface area contributed by atoms with Crippen molar-refractivity contribution >= 4 is 17.3 Å². The first-order valence-corrected chi connectivity index (χ1v) is 6.64. The first kappa shape index (κ1) is 14.3. The number of carbonyl (C=O) groups is 1. The van der Waals surface area contributed by atoms with Crippen molar-refractivity contribution in [3.8, 4) is 0 Å². The molecule has 1 aliphatic heterocycles. The summed E-state index contributed by atoms with van der Waals surface area (Å²) in [6.07, 6.45) is -5.09. The van der Waals surface area contributed by atoms with Gasteiger partial charge in [0.2, 0.25) is 0 Å². The minimum Gasteiger partial charge on any atom is -0.481 e. The fourth-order valence-electron chi connectivity index (χ4n) is 2.34. The first-order chi connectivity index (χ1) is 8.74. The van der Waals surface area contributed by atoms with Gasteiger partial charge in [-0.25, -0.2) is 0 Å². The highest BCUT2D eigenvalue weighted by Gasteiger charge is 2.63. The van der Waals surface area contributed by atoms with E-state index >= 15 is 0 Å². The zero-order chi connectivity index (χ0) is 14.3. The number of hydrogen-bond donors (Lipinski definition) is 1. The Balaban J connectivity index is 2.11. The Morgan fingerprint density at radius 1 is 1.53 bits per heavy atom. The summed E-state index contributed by atoms with van der Waals surface area (Å²) in [4.78, 5) is 14.6. The van der Waals surface area contributed by atoms with Gasteiger partial charge in [0, 0.05) is 29.4 Å². The van der Waals surface area contributed by atoms with Gasteiger partial charge >= 0.3 is 12.1 Å². The number of halogens is 3. The Morgan fingerprint density at radius 2 is 2.21 bits per heavy atom. The second-order valence-electron chi connectivity index (χ2n) is 4.86. The summed E-state index contributed by atoms with van der Waals surface area (Å²) in [5.41, 5.74) is -2.61. The lowest BCUT2D eigenvalue weighted by Crippen LogP contribution is -2.47. The van der Waals surface area contributed by atoms with Crippen molar-refractivity contribution in [3.63, 3.8) is 0 Å². The van der Waals surface area contributed by atoms with Crippen molar-refractivity contribution in [1.82, 2.24) is 4.90 Å². The maximum absolute atomic E-state index is 13.0. The molecule has 1 aromatic heterocycles. The highest BCUT2D eigenvalue weighted by atomic mass is 32.1. The predicted molar refractivity (Wildman–Crippen MR) is 65.1 cm³/mol. The molecule has 1 atom stereocenters. The van der Waals surface area contributed by atoms with E-state index in [0.717, 1.165) is 9.75 Å². The molecule has 7 heteroatoms. The standard InChI is InChI=1S/C12H14F3NO2S/c1-8-2-3-9(19-8)6-16-5-4-11(7-16,10(17)18)12(13,14)15/h2-3H,4-7H2,1H3,(H,17,18). The Labute approximate surface area is 112 Å². The predicted octanol–water partition coefficient (Wildman–Crippen LogP) is 2.90.